The lowest BCUT2D eigenvalue weighted by Gasteiger charge is -2.07. The van der Waals surface area contributed by atoms with Crippen LogP contribution in [0.1, 0.15) is 23.6 Å². The predicted octanol–water partition coefficient (Wildman–Crippen LogP) is 2.12. The summed E-state index contributed by atoms with van der Waals surface area (Å²) in [6.07, 6.45) is 0. The first-order chi connectivity index (χ1) is 11.8. The van der Waals surface area contributed by atoms with Crippen molar-refractivity contribution in [2.24, 2.45) is 5.10 Å². The van der Waals surface area contributed by atoms with E-state index in [0.29, 0.717) is 5.71 Å². The van der Waals surface area contributed by atoms with Gasteiger partial charge in [-0.15, -0.1) is 0 Å². The van der Waals surface area contributed by atoms with Crippen LogP contribution < -0.4 is 10.1 Å². The third-order valence-corrected chi connectivity index (χ3v) is 5.17. The highest BCUT2D eigenvalue weighted by atomic mass is 32.2. The van der Waals surface area contributed by atoms with Crippen LogP contribution in [-0.2, 0) is 14.8 Å². The van der Waals surface area contributed by atoms with Gasteiger partial charge in [0.2, 0.25) is 10.0 Å². The minimum Gasteiger partial charge on any atom is -0.272 e. The maximum Gasteiger partial charge on any atom is 0.255 e. The summed E-state index contributed by atoms with van der Waals surface area (Å²) in [4.78, 5) is 11.9. The number of hydrazone groups is 1. The molecule has 7 heteroatoms. The van der Waals surface area contributed by atoms with Crippen LogP contribution in [0.2, 0.25) is 0 Å². The average molecular weight is 359 g/mol. The van der Waals surface area contributed by atoms with Crippen molar-refractivity contribution < 1.29 is 13.2 Å². The number of carbonyl (C=O) groups excluding carboxylic acids is 1. The highest BCUT2D eigenvalue weighted by Crippen LogP contribution is 2.10. The van der Waals surface area contributed by atoms with E-state index in [2.05, 4.69) is 15.2 Å². The van der Waals surface area contributed by atoms with Gasteiger partial charge in [0.05, 0.1) is 17.2 Å². The topological polar surface area (TPSA) is 87.6 Å². The average Bonchev–Trinajstić information content (AvgIpc) is 2.61. The normalized spacial score (nSPS) is 12.0. The molecule has 0 saturated heterocycles. The molecule has 0 aliphatic carbocycles. The van der Waals surface area contributed by atoms with Gasteiger partial charge in [-0.2, -0.15) is 5.10 Å². The largest absolute Gasteiger partial charge is 0.272 e. The van der Waals surface area contributed by atoms with Crippen molar-refractivity contribution in [2.45, 2.75) is 25.7 Å². The Hall–Kier alpha value is -2.51. The maximum atomic E-state index is 12.0. The molecule has 0 fully saturated rings. The number of hydrogen-bond donors (Lipinski definition) is 2. The number of rotatable bonds is 6. The Kier molecular flexibility index (Phi) is 6.06. The Labute approximate surface area is 148 Å². The zero-order chi connectivity index (χ0) is 18.4. The Morgan fingerprint density at radius 3 is 2.36 bits per heavy atom. The van der Waals surface area contributed by atoms with Crippen LogP contribution in [-0.4, -0.2) is 26.6 Å². The summed E-state index contributed by atoms with van der Waals surface area (Å²) < 4.78 is 26.3. The van der Waals surface area contributed by atoms with Gasteiger partial charge >= 0.3 is 0 Å². The smallest absolute Gasteiger partial charge is 0.255 e. The molecule has 0 aliphatic rings. The molecule has 0 unspecified atom stereocenters. The van der Waals surface area contributed by atoms with Crippen LogP contribution in [0.4, 0.5) is 0 Å². The molecule has 132 valence electrons. The van der Waals surface area contributed by atoms with Gasteiger partial charge in [0.1, 0.15) is 0 Å². The van der Waals surface area contributed by atoms with E-state index in [1.165, 1.54) is 17.7 Å². The summed E-state index contributed by atoms with van der Waals surface area (Å²) in [5.41, 5.74) is 6.21. The SMILES string of the molecule is C/C(=N/NC(=O)CNS(=O)(=O)c1ccccc1)c1ccc(C)c(C)c1. The van der Waals surface area contributed by atoms with Gasteiger partial charge in [0.25, 0.3) is 5.91 Å². The molecule has 1 amide bonds. The van der Waals surface area contributed by atoms with Gasteiger partial charge < -0.3 is 0 Å². The van der Waals surface area contributed by atoms with Crippen LogP contribution in [0.25, 0.3) is 0 Å². The third kappa shape index (κ3) is 5.23. The Morgan fingerprint density at radius 1 is 1.04 bits per heavy atom. The number of aryl methyl sites for hydroxylation is 2. The standard InChI is InChI=1S/C18H21N3O3S/c1-13-9-10-16(11-14(13)2)15(3)20-21-18(22)12-19-25(23,24)17-7-5-4-6-8-17/h4-11,19H,12H2,1-3H3,(H,21,22)/b20-15-. The number of carbonyl (C=O) groups is 1. The molecule has 0 aromatic heterocycles. The van der Waals surface area contributed by atoms with E-state index < -0.39 is 15.9 Å². The van der Waals surface area contributed by atoms with Crippen molar-refractivity contribution in [3.05, 3.63) is 65.2 Å². The lowest BCUT2D eigenvalue weighted by atomic mass is 10.0. The van der Waals surface area contributed by atoms with Crippen molar-refractivity contribution in [3.63, 3.8) is 0 Å². The van der Waals surface area contributed by atoms with Crippen LogP contribution in [0.3, 0.4) is 0 Å². The van der Waals surface area contributed by atoms with Gasteiger partial charge in [-0.25, -0.2) is 18.6 Å². The molecular weight excluding hydrogens is 338 g/mol. The van der Waals surface area contributed by atoms with Gasteiger partial charge in [0, 0.05) is 0 Å². The van der Waals surface area contributed by atoms with Crippen molar-refractivity contribution in [1.29, 1.82) is 0 Å². The third-order valence-electron chi connectivity index (χ3n) is 3.75. The maximum absolute atomic E-state index is 12.0. The van der Waals surface area contributed by atoms with Gasteiger partial charge in [0.15, 0.2) is 0 Å². The molecule has 0 spiro atoms. The summed E-state index contributed by atoms with van der Waals surface area (Å²) in [6, 6.07) is 13.8. The minimum atomic E-state index is -3.72. The molecule has 0 atom stereocenters. The number of nitrogens with one attached hydrogen (secondary N) is 2. The Morgan fingerprint density at radius 2 is 1.72 bits per heavy atom. The number of benzene rings is 2. The van der Waals surface area contributed by atoms with E-state index in [0.717, 1.165) is 11.1 Å². The van der Waals surface area contributed by atoms with Crippen molar-refractivity contribution in [3.8, 4) is 0 Å². The predicted molar refractivity (Wildman–Crippen MR) is 97.9 cm³/mol. The van der Waals surface area contributed by atoms with E-state index in [4.69, 9.17) is 0 Å². The first-order valence-corrected chi connectivity index (χ1v) is 9.23. The van der Waals surface area contributed by atoms with Crippen LogP contribution in [0.5, 0.6) is 0 Å². The monoisotopic (exact) mass is 359 g/mol. The second kappa shape index (κ2) is 8.04. The number of hydrogen-bond acceptors (Lipinski definition) is 4. The Bertz CT molecular complexity index is 891. The summed E-state index contributed by atoms with van der Waals surface area (Å²) in [6.45, 7) is 5.41. The molecule has 0 saturated carbocycles. The number of amides is 1. The van der Waals surface area contributed by atoms with E-state index in [1.807, 2.05) is 32.0 Å². The van der Waals surface area contributed by atoms with Crippen molar-refractivity contribution in [1.82, 2.24) is 10.1 Å². The number of sulfonamides is 1. The van der Waals surface area contributed by atoms with Gasteiger partial charge in [-0.3, -0.25) is 4.79 Å². The fraction of sp³-hybridized carbons (Fsp3) is 0.222. The molecule has 2 rings (SSSR count). The summed E-state index contributed by atoms with van der Waals surface area (Å²) in [5.74, 6) is -0.539. The Balaban J connectivity index is 1.95. The molecule has 2 aromatic carbocycles. The van der Waals surface area contributed by atoms with E-state index in [1.54, 1.807) is 25.1 Å². The van der Waals surface area contributed by atoms with Crippen molar-refractivity contribution >= 4 is 21.6 Å². The van der Waals surface area contributed by atoms with Crippen LogP contribution >= 0.6 is 0 Å². The number of nitrogens with zero attached hydrogens (tertiary/aromatic N) is 1. The van der Waals surface area contributed by atoms with Crippen LogP contribution in [0, 0.1) is 13.8 Å². The quantitative estimate of drug-likeness (QED) is 0.612. The molecule has 0 bridgehead atoms. The van der Waals surface area contributed by atoms with Gasteiger partial charge in [-0.1, -0.05) is 30.3 Å². The zero-order valence-corrected chi connectivity index (χ0v) is 15.2. The first kappa shape index (κ1) is 18.8. The first-order valence-electron chi connectivity index (χ1n) is 7.75. The molecular formula is C18H21N3O3S. The molecule has 25 heavy (non-hydrogen) atoms. The van der Waals surface area contributed by atoms with Gasteiger partial charge in [-0.05, 0) is 55.7 Å². The van der Waals surface area contributed by atoms with E-state index >= 15 is 0 Å². The molecule has 0 heterocycles. The van der Waals surface area contributed by atoms with E-state index in [9.17, 15) is 13.2 Å². The molecule has 2 N–H and O–H groups in total. The lowest BCUT2D eigenvalue weighted by molar-refractivity contribution is -0.119. The molecule has 0 radical (unpaired) electrons. The fourth-order valence-electron chi connectivity index (χ4n) is 2.06. The second-order valence-electron chi connectivity index (χ2n) is 5.67. The van der Waals surface area contributed by atoms with Crippen molar-refractivity contribution in [2.75, 3.05) is 6.54 Å². The summed E-state index contributed by atoms with van der Waals surface area (Å²) >= 11 is 0. The second-order valence-corrected chi connectivity index (χ2v) is 7.44. The lowest BCUT2D eigenvalue weighted by Crippen LogP contribution is -2.35. The van der Waals surface area contributed by atoms with Crippen LogP contribution in [0.15, 0.2) is 58.5 Å². The highest BCUT2D eigenvalue weighted by molar-refractivity contribution is 7.89. The minimum absolute atomic E-state index is 0.109. The molecule has 6 nitrogen and oxygen atoms in total. The highest BCUT2D eigenvalue weighted by Gasteiger charge is 2.14. The van der Waals surface area contributed by atoms with E-state index in [-0.39, 0.29) is 11.4 Å². The summed E-state index contributed by atoms with van der Waals surface area (Å²) in [5, 5.41) is 4.02. The molecule has 0 aliphatic heterocycles. The molecule has 2 aromatic rings. The zero-order valence-electron chi connectivity index (χ0n) is 14.4. The summed E-state index contributed by atoms with van der Waals surface area (Å²) in [7, 11) is -3.72. The fourth-order valence-corrected chi connectivity index (χ4v) is 3.06.